The van der Waals surface area contributed by atoms with Crippen molar-refractivity contribution in [3.05, 3.63) is 48.0 Å². The van der Waals surface area contributed by atoms with Crippen molar-refractivity contribution in [2.45, 2.75) is 4.90 Å². The molecule has 2 N–H and O–H groups in total. The van der Waals surface area contributed by atoms with Gasteiger partial charge in [-0.25, -0.2) is 0 Å². The molecule has 0 spiro atoms. The van der Waals surface area contributed by atoms with Crippen LogP contribution in [-0.4, -0.2) is 5.91 Å². The van der Waals surface area contributed by atoms with Crippen molar-refractivity contribution in [3.8, 4) is 0 Å². The summed E-state index contributed by atoms with van der Waals surface area (Å²) in [6, 6.07) is 13.0. The molecule has 0 saturated heterocycles. The summed E-state index contributed by atoms with van der Waals surface area (Å²) >= 11 is 4.27. The standard InChI is InChI=1S/C13H10N2OS/c16-13-9-3-1-2-4-10(9)14-11-6-5-8(17)7-12(11)15-13/h1-7,14,17H,(H,15,16). The Labute approximate surface area is 104 Å². The third-order valence-electron chi connectivity index (χ3n) is 2.69. The Hall–Kier alpha value is -1.94. The van der Waals surface area contributed by atoms with Crippen LogP contribution in [0.2, 0.25) is 0 Å². The van der Waals surface area contributed by atoms with Crippen LogP contribution in [0.4, 0.5) is 17.1 Å². The van der Waals surface area contributed by atoms with Crippen LogP contribution in [0.1, 0.15) is 10.4 Å². The normalized spacial score (nSPS) is 12.9. The summed E-state index contributed by atoms with van der Waals surface area (Å²) in [5.74, 6) is -0.106. The summed E-state index contributed by atoms with van der Waals surface area (Å²) in [5, 5.41) is 6.11. The molecule has 1 aliphatic rings. The van der Waals surface area contributed by atoms with Gasteiger partial charge in [0.05, 0.1) is 22.6 Å². The van der Waals surface area contributed by atoms with Gasteiger partial charge in [-0.05, 0) is 30.3 Å². The van der Waals surface area contributed by atoms with E-state index >= 15 is 0 Å². The fraction of sp³-hybridized carbons (Fsp3) is 0. The topological polar surface area (TPSA) is 41.1 Å². The highest BCUT2D eigenvalue weighted by molar-refractivity contribution is 7.80. The number of fused-ring (bicyclic) bond motifs is 2. The molecule has 0 bridgehead atoms. The molecule has 1 amide bonds. The van der Waals surface area contributed by atoms with Gasteiger partial charge in [0.25, 0.3) is 5.91 Å². The molecule has 0 fully saturated rings. The third-order valence-corrected chi connectivity index (χ3v) is 2.97. The van der Waals surface area contributed by atoms with E-state index in [9.17, 15) is 4.79 Å². The molecule has 0 saturated carbocycles. The number of carbonyl (C=O) groups excluding carboxylic acids is 1. The summed E-state index contributed by atoms with van der Waals surface area (Å²) in [6.07, 6.45) is 0. The number of thiol groups is 1. The van der Waals surface area contributed by atoms with E-state index in [2.05, 4.69) is 23.3 Å². The first kappa shape index (κ1) is 10.2. The SMILES string of the molecule is O=C1Nc2cc(S)ccc2Nc2ccccc21. The quantitative estimate of drug-likeness (QED) is 0.620. The fourth-order valence-corrected chi connectivity index (χ4v) is 2.07. The lowest BCUT2D eigenvalue weighted by atomic mass is 10.1. The van der Waals surface area contributed by atoms with E-state index in [1.165, 1.54) is 0 Å². The van der Waals surface area contributed by atoms with E-state index in [-0.39, 0.29) is 5.91 Å². The van der Waals surface area contributed by atoms with Crippen LogP contribution >= 0.6 is 12.6 Å². The zero-order chi connectivity index (χ0) is 11.8. The number of hydrogen-bond acceptors (Lipinski definition) is 3. The van der Waals surface area contributed by atoms with Crippen LogP contribution < -0.4 is 10.6 Å². The van der Waals surface area contributed by atoms with Crippen molar-refractivity contribution < 1.29 is 4.79 Å². The second-order valence-electron chi connectivity index (χ2n) is 3.85. The number of nitrogens with one attached hydrogen (secondary N) is 2. The van der Waals surface area contributed by atoms with Crippen molar-refractivity contribution >= 4 is 35.6 Å². The molecule has 1 heterocycles. The molecule has 0 aliphatic carbocycles. The highest BCUT2D eigenvalue weighted by Crippen LogP contribution is 2.32. The van der Waals surface area contributed by atoms with Gasteiger partial charge in [0.1, 0.15) is 0 Å². The van der Waals surface area contributed by atoms with Gasteiger partial charge in [-0.3, -0.25) is 4.79 Å². The molecule has 4 heteroatoms. The monoisotopic (exact) mass is 242 g/mol. The number of amides is 1. The summed E-state index contributed by atoms with van der Waals surface area (Å²) in [5.41, 5.74) is 3.08. The van der Waals surface area contributed by atoms with Crippen molar-refractivity contribution in [2.75, 3.05) is 10.6 Å². The molecular weight excluding hydrogens is 232 g/mol. The molecule has 0 radical (unpaired) electrons. The Morgan fingerprint density at radius 3 is 2.59 bits per heavy atom. The van der Waals surface area contributed by atoms with Crippen molar-refractivity contribution in [1.82, 2.24) is 0 Å². The highest BCUT2D eigenvalue weighted by atomic mass is 32.1. The molecule has 0 atom stereocenters. The number of benzene rings is 2. The Kier molecular flexibility index (Phi) is 2.30. The Balaban J connectivity index is 2.17. The number of rotatable bonds is 0. The lowest BCUT2D eigenvalue weighted by Crippen LogP contribution is -2.10. The molecule has 2 aromatic carbocycles. The maximum absolute atomic E-state index is 12.0. The largest absolute Gasteiger partial charge is 0.353 e. The van der Waals surface area contributed by atoms with Gasteiger partial charge in [0.2, 0.25) is 0 Å². The van der Waals surface area contributed by atoms with Gasteiger partial charge < -0.3 is 10.6 Å². The molecule has 0 aromatic heterocycles. The maximum atomic E-state index is 12.0. The van der Waals surface area contributed by atoms with E-state index in [4.69, 9.17) is 0 Å². The Morgan fingerprint density at radius 1 is 0.882 bits per heavy atom. The van der Waals surface area contributed by atoms with Crippen LogP contribution in [0.25, 0.3) is 0 Å². The first-order valence-corrected chi connectivity index (χ1v) is 5.69. The molecule has 84 valence electrons. The van der Waals surface area contributed by atoms with Gasteiger partial charge in [0, 0.05) is 4.90 Å². The highest BCUT2D eigenvalue weighted by Gasteiger charge is 2.17. The lowest BCUT2D eigenvalue weighted by molar-refractivity contribution is 0.102. The van der Waals surface area contributed by atoms with Gasteiger partial charge in [-0.15, -0.1) is 12.6 Å². The molecule has 3 rings (SSSR count). The maximum Gasteiger partial charge on any atom is 0.257 e. The van der Waals surface area contributed by atoms with Gasteiger partial charge in [-0.2, -0.15) is 0 Å². The van der Waals surface area contributed by atoms with E-state index in [0.717, 1.165) is 22.0 Å². The van der Waals surface area contributed by atoms with E-state index < -0.39 is 0 Å². The average molecular weight is 242 g/mol. The second kappa shape index (κ2) is 3.82. The fourth-order valence-electron chi connectivity index (χ4n) is 1.87. The first-order chi connectivity index (χ1) is 8.24. The minimum absolute atomic E-state index is 0.106. The Bertz CT molecular complexity index is 610. The average Bonchev–Trinajstić information content (AvgIpc) is 2.46. The predicted octanol–water partition coefficient (Wildman–Crippen LogP) is 3.28. The number of carbonyl (C=O) groups is 1. The van der Waals surface area contributed by atoms with Crippen molar-refractivity contribution in [2.24, 2.45) is 0 Å². The number of para-hydroxylation sites is 1. The second-order valence-corrected chi connectivity index (χ2v) is 4.37. The van der Waals surface area contributed by atoms with Crippen LogP contribution in [0.5, 0.6) is 0 Å². The smallest absolute Gasteiger partial charge is 0.257 e. The summed E-state index contributed by atoms with van der Waals surface area (Å²) in [7, 11) is 0. The summed E-state index contributed by atoms with van der Waals surface area (Å²) < 4.78 is 0. The van der Waals surface area contributed by atoms with Crippen molar-refractivity contribution in [1.29, 1.82) is 0 Å². The first-order valence-electron chi connectivity index (χ1n) is 5.24. The van der Waals surface area contributed by atoms with Crippen molar-refractivity contribution in [3.63, 3.8) is 0 Å². The lowest BCUT2D eigenvalue weighted by Gasteiger charge is -2.08. The third kappa shape index (κ3) is 1.76. The molecule has 2 aromatic rings. The van der Waals surface area contributed by atoms with Crippen LogP contribution in [0.15, 0.2) is 47.4 Å². The summed E-state index contributed by atoms with van der Waals surface area (Å²) in [6.45, 7) is 0. The van der Waals surface area contributed by atoms with Crippen LogP contribution in [-0.2, 0) is 0 Å². The van der Waals surface area contributed by atoms with Gasteiger partial charge >= 0.3 is 0 Å². The molecule has 1 aliphatic heterocycles. The van der Waals surface area contributed by atoms with Gasteiger partial charge in [0.15, 0.2) is 0 Å². The molecule has 3 nitrogen and oxygen atoms in total. The molecular formula is C13H10N2OS. The molecule has 17 heavy (non-hydrogen) atoms. The Morgan fingerprint density at radius 2 is 1.71 bits per heavy atom. The predicted molar refractivity (Wildman–Crippen MR) is 71.4 cm³/mol. The minimum Gasteiger partial charge on any atom is -0.353 e. The zero-order valence-corrected chi connectivity index (χ0v) is 9.79. The van der Waals surface area contributed by atoms with E-state index in [1.54, 1.807) is 6.07 Å². The zero-order valence-electron chi connectivity index (χ0n) is 8.90. The van der Waals surface area contributed by atoms with E-state index in [1.807, 2.05) is 36.4 Å². The number of hydrogen-bond donors (Lipinski definition) is 3. The van der Waals surface area contributed by atoms with Crippen LogP contribution in [0.3, 0.4) is 0 Å². The number of anilines is 3. The summed E-state index contributed by atoms with van der Waals surface area (Å²) in [4.78, 5) is 12.8. The van der Waals surface area contributed by atoms with Crippen LogP contribution in [0, 0.1) is 0 Å². The van der Waals surface area contributed by atoms with E-state index in [0.29, 0.717) is 5.56 Å². The minimum atomic E-state index is -0.106. The molecule has 0 unspecified atom stereocenters. The van der Waals surface area contributed by atoms with Gasteiger partial charge in [-0.1, -0.05) is 12.1 Å².